The number of rotatable bonds is 9. The van der Waals surface area contributed by atoms with Gasteiger partial charge in [-0.15, -0.1) is 0 Å². The van der Waals surface area contributed by atoms with Crippen molar-refractivity contribution in [2.75, 3.05) is 23.7 Å². The molecule has 0 radical (unpaired) electrons. The van der Waals surface area contributed by atoms with Crippen LogP contribution in [0.25, 0.3) is 10.9 Å². The second kappa shape index (κ2) is 10.3. The number of carbonyl (C=O) groups excluding carboxylic acids is 1. The summed E-state index contributed by atoms with van der Waals surface area (Å²) in [6, 6.07) is 10.7. The summed E-state index contributed by atoms with van der Waals surface area (Å²) in [6.45, 7) is 2.77. The number of amides is 1. The van der Waals surface area contributed by atoms with Gasteiger partial charge in [0.25, 0.3) is 5.91 Å². The minimum Gasteiger partial charge on any atom is -0.390 e. The van der Waals surface area contributed by atoms with Crippen molar-refractivity contribution in [3.8, 4) is 0 Å². The lowest BCUT2D eigenvalue weighted by molar-refractivity contribution is 0.0830. The summed E-state index contributed by atoms with van der Waals surface area (Å²) in [4.78, 5) is 13.6. The average Bonchev–Trinajstić information content (AvgIpc) is 3.64. The van der Waals surface area contributed by atoms with Crippen molar-refractivity contribution in [3.05, 3.63) is 64.3 Å². The molecule has 1 aromatic heterocycles. The highest BCUT2D eigenvalue weighted by Gasteiger charge is 2.30. The molecule has 1 saturated carbocycles. The van der Waals surface area contributed by atoms with Crippen molar-refractivity contribution >= 4 is 44.1 Å². The van der Waals surface area contributed by atoms with Crippen molar-refractivity contribution in [1.82, 2.24) is 15.2 Å². The molecule has 1 aliphatic carbocycles. The van der Waals surface area contributed by atoms with Gasteiger partial charge in [0.2, 0.25) is 10.0 Å². The van der Waals surface area contributed by atoms with Gasteiger partial charge in [0.05, 0.1) is 29.1 Å². The second-order valence-corrected chi connectivity index (χ2v) is 12.6. The van der Waals surface area contributed by atoms with Gasteiger partial charge in [-0.3, -0.25) is 9.10 Å². The summed E-state index contributed by atoms with van der Waals surface area (Å²) >= 11 is 6.18. The van der Waals surface area contributed by atoms with Gasteiger partial charge in [-0.1, -0.05) is 30.7 Å². The molecule has 0 unspecified atom stereocenters. The van der Waals surface area contributed by atoms with Crippen LogP contribution in [0.2, 0.25) is 5.02 Å². The molecule has 3 N–H and O–H groups in total. The van der Waals surface area contributed by atoms with Gasteiger partial charge >= 0.3 is 0 Å². The Morgan fingerprint density at radius 2 is 2.03 bits per heavy atom. The Bertz CT molecular complexity index is 1430. The molecule has 0 spiro atoms. The zero-order chi connectivity index (χ0) is 26.3. The number of aliphatic hydroxyl groups excluding tert-OH is 1. The Balaban J connectivity index is 1.48. The second-order valence-electron chi connectivity index (χ2n) is 10.0. The van der Waals surface area contributed by atoms with Crippen molar-refractivity contribution in [1.29, 1.82) is 0 Å². The SMILES string of the molecule is CCc1cn2c3c(cc(C(=O)N[C@@H](Cc4cccc(Cl)c4)[C@H](O)CNC4CC4)cc13)N(C)S(=O)(=O)CC2. The van der Waals surface area contributed by atoms with Crippen LogP contribution in [0, 0.1) is 0 Å². The summed E-state index contributed by atoms with van der Waals surface area (Å²) in [6.07, 6.45) is 4.52. The van der Waals surface area contributed by atoms with Crippen LogP contribution in [0.5, 0.6) is 0 Å². The molecular formula is C27H33ClN4O4S. The first-order valence-corrected chi connectivity index (χ1v) is 14.7. The van der Waals surface area contributed by atoms with Crippen molar-refractivity contribution in [2.45, 2.75) is 57.3 Å². The monoisotopic (exact) mass is 544 g/mol. The Kier molecular flexibility index (Phi) is 7.24. The number of benzene rings is 2. The van der Waals surface area contributed by atoms with Crippen LogP contribution >= 0.6 is 11.6 Å². The predicted octanol–water partition coefficient (Wildman–Crippen LogP) is 3.09. The smallest absolute Gasteiger partial charge is 0.251 e. The molecule has 2 aromatic carbocycles. The largest absolute Gasteiger partial charge is 0.390 e. The van der Waals surface area contributed by atoms with Crippen molar-refractivity contribution in [2.24, 2.45) is 0 Å². The molecule has 1 fully saturated rings. The van der Waals surface area contributed by atoms with E-state index in [1.165, 1.54) is 11.4 Å². The van der Waals surface area contributed by atoms with Crippen LogP contribution in [0.15, 0.2) is 42.6 Å². The van der Waals surface area contributed by atoms with Gasteiger partial charge in [0, 0.05) is 48.3 Å². The van der Waals surface area contributed by atoms with E-state index in [1.807, 2.05) is 42.0 Å². The zero-order valence-corrected chi connectivity index (χ0v) is 22.6. The van der Waals surface area contributed by atoms with Gasteiger partial charge in [-0.2, -0.15) is 0 Å². The topological polar surface area (TPSA) is 104 Å². The fraction of sp³-hybridized carbons (Fsp3) is 0.444. The van der Waals surface area contributed by atoms with E-state index < -0.39 is 22.2 Å². The number of aromatic nitrogens is 1. The Morgan fingerprint density at radius 1 is 1.24 bits per heavy atom. The van der Waals surface area contributed by atoms with Crippen LogP contribution in [0.1, 0.15) is 41.3 Å². The number of hydrogen-bond acceptors (Lipinski definition) is 5. The third-order valence-corrected chi connectivity index (χ3v) is 9.31. The molecule has 0 bridgehead atoms. The number of anilines is 1. The summed E-state index contributed by atoms with van der Waals surface area (Å²) in [5.41, 5.74) is 3.63. The highest BCUT2D eigenvalue weighted by Crippen LogP contribution is 2.35. The van der Waals surface area contributed by atoms with Crippen LogP contribution in [-0.4, -0.2) is 61.5 Å². The number of hydrogen-bond donors (Lipinski definition) is 3. The number of carbonyl (C=O) groups is 1. The molecule has 0 saturated heterocycles. The number of aliphatic hydroxyl groups is 1. The third kappa shape index (κ3) is 5.50. The molecule has 198 valence electrons. The van der Waals surface area contributed by atoms with Crippen LogP contribution in [0.4, 0.5) is 5.69 Å². The van der Waals surface area contributed by atoms with E-state index in [2.05, 4.69) is 10.6 Å². The van der Waals surface area contributed by atoms with Crippen molar-refractivity contribution < 1.29 is 18.3 Å². The molecule has 2 heterocycles. The van der Waals surface area contributed by atoms with Gasteiger partial charge in [0.1, 0.15) is 0 Å². The maximum absolute atomic E-state index is 13.6. The maximum atomic E-state index is 13.6. The molecule has 8 nitrogen and oxygen atoms in total. The van der Waals surface area contributed by atoms with Gasteiger partial charge in [-0.25, -0.2) is 8.42 Å². The normalized spacial score (nSPS) is 18.4. The fourth-order valence-corrected chi connectivity index (χ4v) is 6.34. The number of sulfonamides is 1. The highest BCUT2D eigenvalue weighted by atomic mass is 35.5. The summed E-state index contributed by atoms with van der Waals surface area (Å²) < 4.78 is 28.9. The number of halogens is 1. The summed E-state index contributed by atoms with van der Waals surface area (Å²) in [5.74, 6) is -0.366. The van der Waals surface area contributed by atoms with E-state index in [4.69, 9.17) is 11.6 Å². The van der Waals surface area contributed by atoms with Crippen molar-refractivity contribution in [3.63, 3.8) is 0 Å². The molecular weight excluding hydrogens is 512 g/mol. The van der Waals surface area contributed by atoms with E-state index >= 15 is 0 Å². The molecule has 5 rings (SSSR count). The minimum atomic E-state index is -3.51. The standard InChI is InChI=1S/C27H33ClN4O4S/c1-3-18-16-32-9-10-37(35,36)31(2)24-14-19(13-22(18)26(24)32)27(34)30-23(25(33)15-29-21-7-8-21)12-17-5-4-6-20(28)11-17/h4-6,11,13-14,16,21,23,25,29,33H,3,7-10,12,15H2,1-2H3,(H,30,34)/t23-,25+/m0/s1. The molecule has 2 atom stereocenters. The molecule has 1 amide bonds. The Morgan fingerprint density at radius 3 is 2.73 bits per heavy atom. The molecule has 37 heavy (non-hydrogen) atoms. The lowest BCUT2D eigenvalue weighted by Crippen LogP contribution is -2.49. The summed E-state index contributed by atoms with van der Waals surface area (Å²) in [5, 5.41) is 18.9. The minimum absolute atomic E-state index is 0.00542. The van der Waals surface area contributed by atoms with E-state index in [9.17, 15) is 18.3 Å². The van der Waals surface area contributed by atoms with E-state index in [0.717, 1.165) is 41.3 Å². The first-order chi connectivity index (χ1) is 17.7. The Hall–Kier alpha value is -2.59. The fourth-order valence-electron chi connectivity index (χ4n) is 4.99. The maximum Gasteiger partial charge on any atom is 0.251 e. The quantitative estimate of drug-likeness (QED) is 0.384. The lowest BCUT2D eigenvalue weighted by Gasteiger charge is -2.25. The number of nitrogens with one attached hydrogen (secondary N) is 2. The molecule has 10 heteroatoms. The highest BCUT2D eigenvalue weighted by molar-refractivity contribution is 7.92. The van der Waals surface area contributed by atoms with E-state index in [1.54, 1.807) is 12.1 Å². The summed E-state index contributed by atoms with van der Waals surface area (Å²) in [7, 11) is -1.98. The molecule has 2 aliphatic rings. The van der Waals surface area contributed by atoms with E-state index in [0.29, 0.717) is 41.8 Å². The average molecular weight is 545 g/mol. The number of aryl methyl sites for hydroxylation is 2. The van der Waals surface area contributed by atoms with Gasteiger partial charge in [0.15, 0.2) is 0 Å². The molecule has 1 aliphatic heterocycles. The third-order valence-electron chi connectivity index (χ3n) is 7.34. The zero-order valence-electron chi connectivity index (χ0n) is 21.1. The van der Waals surface area contributed by atoms with Gasteiger partial charge < -0.3 is 20.3 Å². The Labute approximate surface area is 222 Å². The number of nitrogens with zero attached hydrogens (tertiary/aromatic N) is 2. The van der Waals surface area contributed by atoms with Crippen LogP contribution in [0.3, 0.4) is 0 Å². The first-order valence-electron chi connectivity index (χ1n) is 12.8. The van der Waals surface area contributed by atoms with Gasteiger partial charge in [-0.05, 0) is 61.1 Å². The predicted molar refractivity (Wildman–Crippen MR) is 147 cm³/mol. The molecule has 3 aromatic rings. The first kappa shape index (κ1) is 26.0. The van der Waals surface area contributed by atoms with Crippen LogP contribution < -0.4 is 14.9 Å². The van der Waals surface area contributed by atoms with E-state index in [-0.39, 0.29) is 11.7 Å². The van der Waals surface area contributed by atoms with Crippen LogP contribution in [-0.2, 0) is 29.4 Å². The lowest BCUT2D eigenvalue weighted by atomic mass is 9.99.